The quantitative estimate of drug-likeness (QED) is 0.456. The largest absolute Gasteiger partial charge is 0.487 e. The van der Waals surface area contributed by atoms with E-state index in [2.05, 4.69) is 31.5 Å². The molecule has 0 unspecified atom stereocenters. The Morgan fingerprint density at radius 2 is 1.93 bits per heavy atom. The molecule has 1 atom stereocenters. The fourth-order valence-electron chi connectivity index (χ4n) is 2.47. The fraction of sp³-hybridized carbons (Fsp3) is 0.350. The summed E-state index contributed by atoms with van der Waals surface area (Å²) in [7, 11) is 0. The molecule has 1 aromatic carbocycles. The molecule has 2 rings (SSSR count). The number of nitrogens with zero attached hydrogens (tertiary/aromatic N) is 1. The predicted molar refractivity (Wildman–Crippen MR) is 117 cm³/mol. The first kappa shape index (κ1) is 23.8. The van der Waals surface area contributed by atoms with Crippen molar-refractivity contribution in [2.24, 2.45) is 0 Å². The number of amides is 2. The summed E-state index contributed by atoms with van der Waals surface area (Å²) in [5.74, 6) is 0.115. The van der Waals surface area contributed by atoms with Crippen LogP contribution < -0.4 is 15.4 Å². The number of anilines is 1. The highest BCUT2D eigenvalue weighted by atomic mass is 79.9. The van der Waals surface area contributed by atoms with Crippen LogP contribution in [0.3, 0.4) is 0 Å². The fourth-order valence-corrected chi connectivity index (χ4v) is 2.90. The third kappa shape index (κ3) is 8.08. The average molecular weight is 501 g/mol. The molecule has 0 saturated carbocycles. The van der Waals surface area contributed by atoms with Crippen LogP contribution in [-0.4, -0.2) is 40.5 Å². The van der Waals surface area contributed by atoms with Crippen LogP contribution in [-0.2, 0) is 11.2 Å². The maximum atomic E-state index is 12.3. The lowest BCUT2D eigenvalue weighted by molar-refractivity contribution is 0.0488. The first-order valence-electron chi connectivity index (χ1n) is 9.05. The minimum absolute atomic E-state index is 0.0399. The molecule has 3 N–H and O–H groups in total. The Morgan fingerprint density at radius 3 is 2.53 bits per heavy atom. The van der Waals surface area contributed by atoms with Crippen LogP contribution in [0.1, 0.15) is 26.3 Å². The maximum Gasteiger partial charge on any atom is 0.410 e. The van der Waals surface area contributed by atoms with Gasteiger partial charge in [-0.2, -0.15) is 0 Å². The van der Waals surface area contributed by atoms with E-state index in [1.54, 1.807) is 20.8 Å². The number of rotatable bonds is 7. The van der Waals surface area contributed by atoms with E-state index in [1.165, 1.54) is 6.07 Å². The van der Waals surface area contributed by atoms with Crippen LogP contribution in [0, 0.1) is 0 Å². The lowest BCUT2D eigenvalue weighted by atomic mass is 10.1. The summed E-state index contributed by atoms with van der Waals surface area (Å²) in [4.78, 5) is 27.3. The Bertz CT molecular complexity index is 890. The number of alkyl carbamates (subject to hydrolysis) is 1. The summed E-state index contributed by atoms with van der Waals surface area (Å²) >= 11 is 9.19. The zero-order chi connectivity index (χ0) is 22.3. The highest BCUT2D eigenvalue weighted by Gasteiger charge is 2.21. The van der Waals surface area contributed by atoms with E-state index >= 15 is 0 Å². The van der Waals surface area contributed by atoms with Crippen molar-refractivity contribution in [2.75, 3.05) is 11.9 Å². The highest BCUT2D eigenvalue weighted by Crippen LogP contribution is 2.31. The number of nitrogens with one attached hydrogen (secondary N) is 2. The number of hydrogen-bond acceptors (Lipinski definition) is 5. The van der Waals surface area contributed by atoms with Gasteiger partial charge in [-0.05, 0) is 48.7 Å². The molecule has 2 amide bonds. The molecule has 1 heterocycles. The van der Waals surface area contributed by atoms with Crippen molar-refractivity contribution in [1.29, 1.82) is 0 Å². The summed E-state index contributed by atoms with van der Waals surface area (Å²) in [5, 5.41) is 14.0. The SMILES string of the molecule is CC(C)(C)OC(=O)N[C@@H](COc1cc(Br)c(Cl)nc1NC(=O)O)Cc1ccccc1. The van der Waals surface area contributed by atoms with E-state index in [-0.39, 0.29) is 23.3 Å². The van der Waals surface area contributed by atoms with E-state index in [1.807, 2.05) is 30.3 Å². The molecular weight excluding hydrogens is 478 g/mol. The van der Waals surface area contributed by atoms with Crippen LogP contribution >= 0.6 is 27.5 Å². The molecule has 0 aliphatic carbocycles. The van der Waals surface area contributed by atoms with Crippen LogP contribution in [0.4, 0.5) is 15.4 Å². The molecule has 0 saturated heterocycles. The van der Waals surface area contributed by atoms with Crippen LogP contribution in [0.5, 0.6) is 5.75 Å². The molecular formula is C20H23BrClN3O5. The van der Waals surface area contributed by atoms with Gasteiger partial charge in [-0.15, -0.1) is 0 Å². The minimum atomic E-state index is -1.31. The Labute approximate surface area is 188 Å². The highest BCUT2D eigenvalue weighted by molar-refractivity contribution is 9.10. The van der Waals surface area contributed by atoms with Crippen LogP contribution in [0.15, 0.2) is 40.9 Å². The van der Waals surface area contributed by atoms with Gasteiger partial charge in [0, 0.05) is 6.07 Å². The standard InChI is InChI=1S/C20H23BrClN3O5/c1-20(2,3)30-19(28)23-13(9-12-7-5-4-6-8-12)11-29-15-10-14(21)16(22)24-17(15)25-18(26)27/h4-8,10,13H,9,11H2,1-3H3,(H,23,28)(H,24,25)(H,26,27)/t13-/m1/s1. The van der Waals surface area contributed by atoms with E-state index in [0.29, 0.717) is 10.9 Å². The van der Waals surface area contributed by atoms with Crippen LogP contribution in [0.2, 0.25) is 5.15 Å². The van der Waals surface area contributed by atoms with Gasteiger partial charge in [-0.25, -0.2) is 14.6 Å². The Balaban J connectivity index is 2.18. The van der Waals surface area contributed by atoms with Crippen molar-refractivity contribution in [1.82, 2.24) is 10.3 Å². The number of carbonyl (C=O) groups is 2. The van der Waals surface area contributed by atoms with Gasteiger partial charge in [-0.3, -0.25) is 5.32 Å². The number of carbonyl (C=O) groups excluding carboxylic acids is 1. The number of aromatic nitrogens is 1. The van der Waals surface area contributed by atoms with Crippen molar-refractivity contribution < 1.29 is 24.2 Å². The predicted octanol–water partition coefficient (Wildman–Crippen LogP) is 5.10. The molecule has 2 aromatic rings. The number of hydrogen-bond donors (Lipinski definition) is 3. The molecule has 0 aliphatic heterocycles. The zero-order valence-corrected chi connectivity index (χ0v) is 19.1. The topological polar surface area (TPSA) is 110 Å². The van der Waals surface area contributed by atoms with Gasteiger partial charge in [0.2, 0.25) is 0 Å². The molecule has 1 aromatic heterocycles. The second-order valence-electron chi connectivity index (χ2n) is 7.38. The van der Waals surface area contributed by atoms with Gasteiger partial charge in [0.1, 0.15) is 17.4 Å². The molecule has 0 fully saturated rings. The smallest absolute Gasteiger partial charge is 0.410 e. The number of carboxylic acid groups (broad SMARTS) is 1. The lowest BCUT2D eigenvalue weighted by Gasteiger charge is -2.24. The summed E-state index contributed by atoms with van der Waals surface area (Å²) in [6.45, 7) is 5.36. The van der Waals surface area contributed by atoms with Crippen LogP contribution in [0.25, 0.3) is 0 Å². The van der Waals surface area contributed by atoms with Gasteiger partial charge in [0.15, 0.2) is 11.6 Å². The minimum Gasteiger partial charge on any atom is -0.487 e. The van der Waals surface area contributed by atoms with Gasteiger partial charge < -0.3 is 19.9 Å². The van der Waals surface area contributed by atoms with Crippen molar-refractivity contribution in [3.05, 3.63) is 51.6 Å². The van der Waals surface area contributed by atoms with E-state index in [9.17, 15) is 9.59 Å². The number of halogens is 2. The third-order valence-corrected chi connectivity index (χ3v) is 4.73. The molecule has 8 nitrogen and oxygen atoms in total. The van der Waals surface area contributed by atoms with Gasteiger partial charge in [0.05, 0.1) is 10.5 Å². The molecule has 162 valence electrons. The number of benzene rings is 1. The van der Waals surface area contributed by atoms with Crippen molar-refractivity contribution in [3.8, 4) is 5.75 Å². The lowest BCUT2D eigenvalue weighted by Crippen LogP contribution is -2.43. The van der Waals surface area contributed by atoms with E-state index in [0.717, 1.165) is 5.56 Å². The first-order valence-corrected chi connectivity index (χ1v) is 10.2. The van der Waals surface area contributed by atoms with Gasteiger partial charge in [0.25, 0.3) is 0 Å². The number of ether oxygens (including phenoxy) is 2. The normalized spacial score (nSPS) is 12.0. The molecule has 0 aliphatic rings. The van der Waals surface area contributed by atoms with E-state index in [4.69, 9.17) is 26.2 Å². The second-order valence-corrected chi connectivity index (χ2v) is 8.59. The average Bonchev–Trinajstić information content (AvgIpc) is 2.62. The van der Waals surface area contributed by atoms with Crippen molar-refractivity contribution in [3.63, 3.8) is 0 Å². The molecule has 0 bridgehead atoms. The van der Waals surface area contributed by atoms with E-state index < -0.39 is 23.8 Å². The molecule has 0 radical (unpaired) electrons. The Hall–Kier alpha value is -2.52. The Morgan fingerprint density at radius 1 is 1.27 bits per heavy atom. The Kier molecular flexibility index (Phi) is 8.31. The van der Waals surface area contributed by atoms with Crippen molar-refractivity contribution >= 4 is 45.5 Å². The molecule has 30 heavy (non-hydrogen) atoms. The summed E-state index contributed by atoms with van der Waals surface area (Å²) in [6, 6.07) is 10.6. The summed E-state index contributed by atoms with van der Waals surface area (Å²) in [6.07, 6.45) is -1.41. The van der Waals surface area contributed by atoms with Gasteiger partial charge in [-0.1, -0.05) is 41.9 Å². The molecule has 0 spiro atoms. The van der Waals surface area contributed by atoms with Crippen molar-refractivity contribution in [2.45, 2.75) is 38.8 Å². The third-order valence-electron chi connectivity index (χ3n) is 3.61. The second kappa shape index (κ2) is 10.5. The van der Waals surface area contributed by atoms with Gasteiger partial charge >= 0.3 is 12.2 Å². The monoisotopic (exact) mass is 499 g/mol. The summed E-state index contributed by atoms with van der Waals surface area (Å²) in [5.41, 5.74) is 0.340. The summed E-state index contributed by atoms with van der Waals surface area (Å²) < 4.78 is 11.6. The zero-order valence-electron chi connectivity index (χ0n) is 16.7. The number of pyridine rings is 1. The molecule has 10 heteroatoms. The first-order chi connectivity index (χ1) is 14.0. The maximum absolute atomic E-state index is 12.3.